The highest BCUT2D eigenvalue weighted by Crippen LogP contribution is 2.34. The molecular weight excluding hydrogens is 578 g/mol. The molecule has 0 radical (unpaired) electrons. The number of phenols is 2. The van der Waals surface area contributed by atoms with Crippen molar-refractivity contribution in [3.8, 4) is 17.6 Å². The van der Waals surface area contributed by atoms with Crippen molar-refractivity contribution in [1.29, 1.82) is 5.26 Å². The summed E-state index contributed by atoms with van der Waals surface area (Å²) in [7, 11) is -4.31. The largest absolute Gasteiger partial charge is 0.504 e. The summed E-state index contributed by atoms with van der Waals surface area (Å²) in [5.41, 5.74) is 0.137. The number of carbonyl (C=O) groups is 1. The van der Waals surface area contributed by atoms with Crippen LogP contribution in [0, 0.1) is 22.7 Å². The van der Waals surface area contributed by atoms with Crippen molar-refractivity contribution in [3.63, 3.8) is 0 Å². The van der Waals surface area contributed by atoms with Crippen molar-refractivity contribution in [2.75, 3.05) is 26.3 Å². The maximum atomic E-state index is 13.8. The average molecular weight is 618 g/mol. The summed E-state index contributed by atoms with van der Waals surface area (Å²) in [6, 6.07) is 13.4. The Morgan fingerprint density at radius 3 is 2.63 bits per heavy atom. The average Bonchev–Trinajstić information content (AvgIpc) is 3.58. The third-order valence-electron chi connectivity index (χ3n) is 7.80. The number of alkyl carbamates (subject to hydrolysis) is 1. The molecule has 0 bridgehead atoms. The highest BCUT2D eigenvalue weighted by atomic mass is 32.2. The predicted molar refractivity (Wildman–Crippen MR) is 154 cm³/mol. The number of sulfonamides is 1. The quantitative estimate of drug-likeness (QED) is 0.244. The van der Waals surface area contributed by atoms with E-state index in [1.165, 1.54) is 0 Å². The zero-order chi connectivity index (χ0) is 31.2. The lowest BCUT2D eigenvalue weighted by atomic mass is 9.88. The maximum Gasteiger partial charge on any atom is 0.407 e. The minimum atomic E-state index is -4.31. The fraction of sp³-hybridized carbons (Fsp3) is 0.533. The number of phenolic OH excluding ortho intramolecular Hbond substituents is 2. The van der Waals surface area contributed by atoms with E-state index in [9.17, 15) is 28.5 Å². The van der Waals surface area contributed by atoms with Gasteiger partial charge in [0.2, 0.25) is 10.0 Å². The number of hydrogen-bond acceptors (Lipinski definition) is 10. The zero-order valence-electron chi connectivity index (χ0n) is 24.3. The van der Waals surface area contributed by atoms with E-state index in [1.807, 2.05) is 44.2 Å². The number of rotatable bonds is 13. The summed E-state index contributed by atoms with van der Waals surface area (Å²) in [6.45, 7) is 3.85. The standard InChI is InChI=1S/C30H39N3O9S/c1-30(2,12-6-13-31)19-33(43(38,39)21-9-10-24(34)25(35)16-21)17-26(36)23(15-20-7-4-3-5-8-20)32-29(37)42-27-18-41-28-22(27)11-14-40-28/h3-5,7-10,16,22-23,26-28,34-36H,6,11-12,14-15,17-19H2,1-2H3,(H,32,37)/t22-,23-,26+,27-,28+/m0/s1. The summed E-state index contributed by atoms with van der Waals surface area (Å²) in [6.07, 6.45) is -1.62. The number of nitriles is 1. The number of aromatic hydroxyl groups is 2. The van der Waals surface area contributed by atoms with Crippen LogP contribution in [0.4, 0.5) is 4.79 Å². The topological polar surface area (TPSA) is 179 Å². The Bertz CT molecular complexity index is 1400. The van der Waals surface area contributed by atoms with E-state index in [2.05, 4.69) is 11.4 Å². The minimum Gasteiger partial charge on any atom is -0.504 e. The molecule has 43 heavy (non-hydrogen) atoms. The fourth-order valence-corrected chi connectivity index (χ4v) is 7.04. The molecule has 234 valence electrons. The molecule has 2 fully saturated rings. The monoisotopic (exact) mass is 617 g/mol. The van der Waals surface area contributed by atoms with Crippen molar-refractivity contribution in [3.05, 3.63) is 54.1 Å². The molecule has 2 saturated heterocycles. The highest BCUT2D eigenvalue weighted by Gasteiger charge is 2.44. The van der Waals surface area contributed by atoms with Crippen LogP contribution >= 0.6 is 0 Å². The predicted octanol–water partition coefficient (Wildman–Crippen LogP) is 2.88. The first-order valence-corrected chi connectivity index (χ1v) is 15.6. The van der Waals surface area contributed by atoms with E-state index in [-0.39, 0.29) is 36.8 Å². The number of aliphatic hydroxyl groups excluding tert-OH is 1. The number of benzene rings is 2. The summed E-state index contributed by atoms with van der Waals surface area (Å²) in [4.78, 5) is 12.8. The van der Waals surface area contributed by atoms with Gasteiger partial charge in [-0.25, -0.2) is 13.2 Å². The number of amides is 1. The van der Waals surface area contributed by atoms with Crippen LogP contribution in [-0.2, 0) is 30.7 Å². The van der Waals surface area contributed by atoms with Crippen LogP contribution in [0.25, 0.3) is 0 Å². The summed E-state index contributed by atoms with van der Waals surface area (Å²) in [5, 5.41) is 43.1. The second-order valence-electron chi connectivity index (χ2n) is 11.7. The minimum absolute atomic E-state index is 0.0688. The van der Waals surface area contributed by atoms with Crippen LogP contribution in [0.5, 0.6) is 11.5 Å². The van der Waals surface area contributed by atoms with Gasteiger partial charge in [0.1, 0.15) is 6.10 Å². The first-order valence-electron chi connectivity index (χ1n) is 14.2. The summed E-state index contributed by atoms with van der Waals surface area (Å²) in [5.74, 6) is -1.17. The first kappa shape index (κ1) is 32.5. The van der Waals surface area contributed by atoms with E-state index in [4.69, 9.17) is 19.5 Å². The molecule has 4 rings (SSSR count). The Labute approximate surface area is 251 Å². The van der Waals surface area contributed by atoms with Gasteiger partial charge in [-0.1, -0.05) is 44.2 Å². The van der Waals surface area contributed by atoms with Crippen molar-refractivity contribution < 1.29 is 42.7 Å². The van der Waals surface area contributed by atoms with Gasteiger partial charge in [-0.05, 0) is 42.4 Å². The number of hydrogen-bond donors (Lipinski definition) is 4. The molecule has 0 aromatic heterocycles. The Kier molecular flexibility index (Phi) is 10.5. The molecule has 1 amide bonds. The number of aliphatic hydroxyl groups is 1. The second-order valence-corrected chi connectivity index (χ2v) is 13.7. The van der Waals surface area contributed by atoms with E-state index < -0.39 is 64.1 Å². The summed E-state index contributed by atoms with van der Waals surface area (Å²) >= 11 is 0. The Morgan fingerprint density at radius 2 is 1.93 bits per heavy atom. The number of carbonyl (C=O) groups excluding carboxylic acids is 1. The van der Waals surface area contributed by atoms with Crippen molar-refractivity contribution in [2.24, 2.45) is 11.3 Å². The number of nitrogens with zero attached hydrogens (tertiary/aromatic N) is 2. The second kappa shape index (κ2) is 13.9. The molecule has 2 heterocycles. The Hall–Kier alpha value is -3.41. The molecule has 12 nitrogen and oxygen atoms in total. The lowest BCUT2D eigenvalue weighted by molar-refractivity contribution is -0.0907. The number of fused-ring (bicyclic) bond motifs is 1. The smallest absolute Gasteiger partial charge is 0.407 e. The number of ether oxygens (including phenoxy) is 3. The van der Waals surface area contributed by atoms with Crippen LogP contribution in [0.3, 0.4) is 0 Å². The van der Waals surface area contributed by atoms with Crippen LogP contribution < -0.4 is 5.32 Å². The SMILES string of the molecule is CC(C)(CCC#N)CN(C[C@@H](O)[C@H](Cc1ccccc1)NC(=O)O[C@H]1CO[C@H]2OCC[C@H]21)S(=O)(=O)c1ccc(O)c(O)c1. The number of nitrogens with one attached hydrogen (secondary N) is 1. The molecule has 2 aromatic rings. The van der Waals surface area contributed by atoms with Gasteiger partial charge in [0.25, 0.3) is 0 Å². The molecule has 2 aromatic carbocycles. The van der Waals surface area contributed by atoms with E-state index >= 15 is 0 Å². The molecule has 13 heteroatoms. The third kappa shape index (κ3) is 8.36. The third-order valence-corrected chi connectivity index (χ3v) is 9.61. The molecule has 2 aliphatic rings. The Balaban J connectivity index is 1.58. The van der Waals surface area contributed by atoms with Gasteiger partial charge in [0, 0.05) is 25.6 Å². The zero-order valence-corrected chi connectivity index (χ0v) is 25.1. The van der Waals surface area contributed by atoms with Gasteiger partial charge in [0.15, 0.2) is 17.8 Å². The molecule has 0 spiro atoms. The van der Waals surface area contributed by atoms with Crippen LogP contribution in [-0.4, -0.2) is 85.0 Å². The van der Waals surface area contributed by atoms with Gasteiger partial charge < -0.3 is 34.8 Å². The van der Waals surface area contributed by atoms with Crippen LogP contribution in [0.1, 0.15) is 38.7 Å². The lowest BCUT2D eigenvalue weighted by Gasteiger charge is -2.35. The molecular formula is C30H39N3O9S. The molecule has 4 N–H and O–H groups in total. The van der Waals surface area contributed by atoms with Crippen molar-refractivity contribution in [2.45, 2.75) is 69.0 Å². The highest BCUT2D eigenvalue weighted by molar-refractivity contribution is 7.89. The van der Waals surface area contributed by atoms with E-state index in [0.717, 1.165) is 28.1 Å². The van der Waals surface area contributed by atoms with Gasteiger partial charge in [0.05, 0.1) is 42.2 Å². The lowest BCUT2D eigenvalue weighted by Crippen LogP contribution is -2.52. The van der Waals surface area contributed by atoms with Crippen LogP contribution in [0.15, 0.2) is 53.4 Å². The van der Waals surface area contributed by atoms with E-state index in [0.29, 0.717) is 19.4 Å². The first-order chi connectivity index (χ1) is 20.4. The molecule has 0 saturated carbocycles. The normalized spacial score (nSPS) is 21.6. The van der Waals surface area contributed by atoms with Crippen molar-refractivity contribution >= 4 is 16.1 Å². The van der Waals surface area contributed by atoms with Gasteiger partial charge >= 0.3 is 6.09 Å². The maximum absolute atomic E-state index is 13.8. The van der Waals surface area contributed by atoms with Gasteiger partial charge in [-0.15, -0.1) is 0 Å². The van der Waals surface area contributed by atoms with Crippen molar-refractivity contribution in [1.82, 2.24) is 9.62 Å². The molecule has 5 atom stereocenters. The van der Waals surface area contributed by atoms with Gasteiger partial charge in [-0.2, -0.15) is 9.57 Å². The fourth-order valence-electron chi connectivity index (χ4n) is 5.37. The van der Waals surface area contributed by atoms with E-state index in [1.54, 1.807) is 0 Å². The summed E-state index contributed by atoms with van der Waals surface area (Å²) < 4.78 is 45.5. The molecule has 0 aliphatic carbocycles. The van der Waals surface area contributed by atoms with Gasteiger partial charge in [-0.3, -0.25) is 0 Å². The van der Waals surface area contributed by atoms with Crippen LogP contribution in [0.2, 0.25) is 0 Å². The Morgan fingerprint density at radius 1 is 1.19 bits per heavy atom. The molecule has 0 unspecified atom stereocenters. The molecule has 2 aliphatic heterocycles.